The van der Waals surface area contributed by atoms with Gasteiger partial charge in [0.05, 0.1) is 12.2 Å². The number of anilines is 1. The minimum atomic E-state index is -0.0626. The second-order valence-electron chi connectivity index (χ2n) is 7.84. The molecule has 0 radical (unpaired) electrons. The zero-order valence-corrected chi connectivity index (χ0v) is 17.7. The van der Waals surface area contributed by atoms with Crippen LogP contribution in [0.3, 0.4) is 0 Å². The lowest BCUT2D eigenvalue weighted by Gasteiger charge is -2.26. The van der Waals surface area contributed by atoms with Crippen molar-refractivity contribution in [3.63, 3.8) is 0 Å². The molecule has 1 heterocycles. The fraction of sp³-hybridized carbons (Fsp3) is 0.458. The molecule has 5 nitrogen and oxygen atoms in total. The van der Waals surface area contributed by atoms with E-state index >= 15 is 0 Å². The predicted molar refractivity (Wildman–Crippen MR) is 119 cm³/mol. The molecule has 156 valence electrons. The summed E-state index contributed by atoms with van der Waals surface area (Å²) in [6.07, 6.45) is 5.10. The number of hydrogen-bond donors (Lipinski definition) is 1. The molecule has 29 heavy (non-hydrogen) atoms. The highest BCUT2D eigenvalue weighted by Gasteiger charge is 2.12. The monoisotopic (exact) mass is 395 g/mol. The van der Waals surface area contributed by atoms with Gasteiger partial charge in [-0.15, -0.1) is 0 Å². The van der Waals surface area contributed by atoms with Crippen LogP contribution in [-0.2, 0) is 6.54 Å². The molecule has 1 N–H and O–H groups in total. The average Bonchev–Trinajstić information content (AvgIpc) is 2.76. The van der Waals surface area contributed by atoms with Crippen molar-refractivity contribution in [1.29, 1.82) is 0 Å². The number of nitrogens with zero attached hydrogens (tertiary/aromatic N) is 2. The number of likely N-dealkylation sites (tertiary alicyclic amines) is 1. The van der Waals surface area contributed by atoms with Gasteiger partial charge in [-0.3, -0.25) is 4.79 Å². The van der Waals surface area contributed by atoms with Crippen molar-refractivity contribution in [2.75, 3.05) is 45.2 Å². The van der Waals surface area contributed by atoms with Crippen LogP contribution in [0.1, 0.15) is 41.6 Å². The van der Waals surface area contributed by atoms with Crippen LogP contribution < -0.4 is 15.0 Å². The van der Waals surface area contributed by atoms with Gasteiger partial charge in [0.2, 0.25) is 0 Å². The first-order chi connectivity index (χ1) is 14.1. The Morgan fingerprint density at radius 2 is 1.76 bits per heavy atom. The van der Waals surface area contributed by atoms with Crippen molar-refractivity contribution < 1.29 is 9.53 Å². The van der Waals surface area contributed by atoms with Gasteiger partial charge >= 0.3 is 0 Å². The molecule has 0 atom stereocenters. The summed E-state index contributed by atoms with van der Waals surface area (Å²) in [5, 5.41) is 3.01. The molecule has 0 unspecified atom stereocenters. The van der Waals surface area contributed by atoms with E-state index in [0.717, 1.165) is 36.6 Å². The molecule has 0 bridgehead atoms. The number of benzene rings is 2. The third-order valence-corrected chi connectivity index (χ3v) is 5.34. The molecule has 1 aliphatic rings. The maximum Gasteiger partial charge on any atom is 0.253 e. The molecule has 5 heteroatoms. The molecule has 1 aliphatic heterocycles. The molecular weight excluding hydrogens is 362 g/mol. The van der Waals surface area contributed by atoms with Gasteiger partial charge in [-0.1, -0.05) is 30.7 Å². The first kappa shape index (κ1) is 21.2. The van der Waals surface area contributed by atoms with Crippen LogP contribution in [0.2, 0.25) is 0 Å². The van der Waals surface area contributed by atoms with E-state index in [4.69, 9.17) is 4.74 Å². The fourth-order valence-electron chi connectivity index (χ4n) is 3.70. The first-order valence-corrected chi connectivity index (χ1v) is 10.6. The topological polar surface area (TPSA) is 44.8 Å². The molecule has 0 aliphatic carbocycles. The van der Waals surface area contributed by atoms with Crippen LogP contribution in [0.15, 0.2) is 48.5 Å². The standard InChI is InChI=1S/C24H33N3O2/c1-26(2)23-10-5-4-9-22(23)24(28)25-19-20-11-13-21(14-12-20)29-18-8-17-27-15-6-3-7-16-27/h4-5,9-14H,3,6-8,15-19H2,1-2H3,(H,25,28). The van der Waals surface area contributed by atoms with Crippen LogP contribution >= 0.6 is 0 Å². The number of para-hydroxylation sites is 1. The zero-order valence-electron chi connectivity index (χ0n) is 17.7. The van der Waals surface area contributed by atoms with E-state index in [9.17, 15) is 4.79 Å². The quantitative estimate of drug-likeness (QED) is 0.653. The highest BCUT2D eigenvalue weighted by atomic mass is 16.5. The predicted octanol–water partition coefficient (Wildman–Crippen LogP) is 3.94. The number of ether oxygens (including phenoxy) is 1. The number of piperidine rings is 1. The van der Waals surface area contributed by atoms with E-state index in [1.807, 2.05) is 67.5 Å². The second-order valence-corrected chi connectivity index (χ2v) is 7.84. The molecule has 0 spiro atoms. The van der Waals surface area contributed by atoms with Crippen LogP contribution in [0.25, 0.3) is 0 Å². The van der Waals surface area contributed by atoms with Crippen molar-refractivity contribution in [1.82, 2.24) is 10.2 Å². The number of carbonyl (C=O) groups excluding carboxylic acids is 1. The smallest absolute Gasteiger partial charge is 0.253 e. The summed E-state index contributed by atoms with van der Waals surface area (Å²) in [6, 6.07) is 15.6. The summed E-state index contributed by atoms with van der Waals surface area (Å²) in [7, 11) is 3.88. The van der Waals surface area contributed by atoms with Gasteiger partial charge in [-0.2, -0.15) is 0 Å². The number of hydrogen-bond acceptors (Lipinski definition) is 4. The number of carbonyl (C=O) groups is 1. The molecule has 2 aromatic rings. The van der Waals surface area contributed by atoms with Gasteiger partial charge in [0.15, 0.2) is 0 Å². The van der Waals surface area contributed by atoms with Gasteiger partial charge < -0.3 is 19.9 Å². The Hall–Kier alpha value is -2.53. The number of amides is 1. The van der Waals surface area contributed by atoms with E-state index in [1.54, 1.807) is 0 Å². The van der Waals surface area contributed by atoms with E-state index in [2.05, 4.69) is 10.2 Å². The normalized spacial score (nSPS) is 14.4. The molecule has 1 amide bonds. The van der Waals surface area contributed by atoms with Crippen molar-refractivity contribution in [2.24, 2.45) is 0 Å². The van der Waals surface area contributed by atoms with Gasteiger partial charge in [-0.05, 0) is 62.2 Å². The molecule has 0 aromatic heterocycles. The molecule has 2 aromatic carbocycles. The summed E-state index contributed by atoms with van der Waals surface area (Å²) in [6.45, 7) is 4.83. The maximum atomic E-state index is 12.5. The molecule has 3 rings (SSSR count). The third kappa shape index (κ3) is 6.50. The van der Waals surface area contributed by atoms with Gasteiger partial charge in [0.1, 0.15) is 5.75 Å². The lowest BCUT2D eigenvalue weighted by molar-refractivity contribution is 0.0951. The van der Waals surface area contributed by atoms with Crippen LogP contribution in [-0.4, -0.2) is 51.1 Å². The lowest BCUT2D eigenvalue weighted by atomic mass is 10.1. The second kappa shape index (κ2) is 10.9. The molecular formula is C24H33N3O2. The Kier molecular flexibility index (Phi) is 7.94. The maximum absolute atomic E-state index is 12.5. The molecule has 0 saturated carbocycles. The summed E-state index contributed by atoms with van der Waals surface area (Å²) in [5.41, 5.74) is 2.66. The van der Waals surface area contributed by atoms with E-state index in [1.165, 1.54) is 32.4 Å². The highest BCUT2D eigenvalue weighted by molar-refractivity contribution is 5.99. The van der Waals surface area contributed by atoms with Gasteiger partial charge in [0, 0.05) is 32.9 Å². The van der Waals surface area contributed by atoms with Gasteiger partial charge in [0.25, 0.3) is 5.91 Å². The molecule has 1 fully saturated rings. The highest BCUT2D eigenvalue weighted by Crippen LogP contribution is 2.18. The van der Waals surface area contributed by atoms with E-state index < -0.39 is 0 Å². The minimum absolute atomic E-state index is 0.0626. The summed E-state index contributed by atoms with van der Waals surface area (Å²) in [4.78, 5) is 17.0. The average molecular weight is 396 g/mol. The SMILES string of the molecule is CN(C)c1ccccc1C(=O)NCc1ccc(OCCCN2CCCCC2)cc1. The third-order valence-electron chi connectivity index (χ3n) is 5.34. The number of nitrogens with one attached hydrogen (secondary N) is 1. The zero-order chi connectivity index (χ0) is 20.5. The summed E-state index contributed by atoms with van der Waals surface area (Å²) >= 11 is 0. The Labute approximate surface area is 174 Å². The lowest BCUT2D eigenvalue weighted by Crippen LogP contribution is -2.31. The Bertz CT molecular complexity index is 768. The first-order valence-electron chi connectivity index (χ1n) is 10.6. The van der Waals surface area contributed by atoms with E-state index in [0.29, 0.717) is 12.1 Å². The largest absolute Gasteiger partial charge is 0.494 e. The number of rotatable bonds is 9. The Morgan fingerprint density at radius 1 is 1.03 bits per heavy atom. The van der Waals surface area contributed by atoms with Crippen LogP contribution in [0.4, 0.5) is 5.69 Å². The van der Waals surface area contributed by atoms with Crippen molar-refractivity contribution in [2.45, 2.75) is 32.2 Å². The Balaban J connectivity index is 1.41. The fourth-order valence-corrected chi connectivity index (χ4v) is 3.70. The summed E-state index contributed by atoms with van der Waals surface area (Å²) < 4.78 is 5.87. The Morgan fingerprint density at radius 3 is 2.48 bits per heavy atom. The van der Waals surface area contributed by atoms with Gasteiger partial charge in [-0.25, -0.2) is 0 Å². The minimum Gasteiger partial charge on any atom is -0.494 e. The van der Waals surface area contributed by atoms with Crippen molar-refractivity contribution in [3.05, 3.63) is 59.7 Å². The molecule has 1 saturated heterocycles. The summed E-state index contributed by atoms with van der Waals surface area (Å²) in [5.74, 6) is 0.823. The van der Waals surface area contributed by atoms with Crippen LogP contribution in [0, 0.1) is 0 Å². The van der Waals surface area contributed by atoms with E-state index in [-0.39, 0.29) is 5.91 Å². The van der Waals surface area contributed by atoms with Crippen molar-refractivity contribution >= 4 is 11.6 Å². The van der Waals surface area contributed by atoms with Crippen molar-refractivity contribution in [3.8, 4) is 5.75 Å². The van der Waals surface area contributed by atoms with Crippen LogP contribution in [0.5, 0.6) is 5.75 Å².